The highest BCUT2D eigenvalue weighted by Gasteiger charge is 2.72. The third-order valence-electron chi connectivity index (χ3n) is 9.81. The Morgan fingerprint density at radius 1 is 1.23 bits per heavy atom. The number of hydrogen-bond donors (Lipinski definition) is 8. The predicted octanol–water partition coefficient (Wildman–Crippen LogP) is -0.0374. The lowest BCUT2D eigenvalue weighted by Gasteiger charge is -2.42. The molecule has 18 nitrogen and oxygen atoms in total. The predicted molar refractivity (Wildman–Crippen MR) is 191 cm³/mol. The van der Waals surface area contributed by atoms with Crippen molar-refractivity contribution in [1.29, 1.82) is 0 Å². The first-order valence-electron chi connectivity index (χ1n) is 17.8. The van der Waals surface area contributed by atoms with Gasteiger partial charge in [0, 0.05) is 32.1 Å². The molecule has 9 atom stereocenters. The minimum Gasteiger partial charge on any atom is -0.481 e. The number of nitrogens with zero attached hydrogens (tertiary/aromatic N) is 2. The zero-order valence-electron chi connectivity index (χ0n) is 30.7. The number of aliphatic imine (C=N–C) groups is 1. The number of carboxylic acids is 1. The van der Waals surface area contributed by atoms with Gasteiger partial charge in [-0.25, -0.2) is 4.79 Å². The number of alkyl carbamates (subject to hydrolysis) is 1. The Morgan fingerprint density at radius 3 is 2.60 bits per heavy atom. The Labute approximate surface area is 308 Å². The Morgan fingerprint density at radius 2 is 1.98 bits per heavy atom. The number of nitrogens with two attached hydrogens (primary N) is 2. The molecule has 2 saturated heterocycles. The maximum atomic E-state index is 13.2. The van der Waals surface area contributed by atoms with Crippen LogP contribution < -0.4 is 32.7 Å². The van der Waals surface area contributed by atoms with Gasteiger partial charge in [0.2, 0.25) is 11.8 Å². The summed E-state index contributed by atoms with van der Waals surface area (Å²) < 4.78 is 23.9. The summed E-state index contributed by atoms with van der Waals surface area (Å²) in [4.78, 5) is 58.4. The van der Waals surface area contributed by atoms with Gasteiger partial charge in [-0.1, -0.05) is 17.7 Å². The Hall–Kier alpha value is -4.36. The van der Waals surface area contributed by atoms with Gasteiger partial charge < -0.3 is 56.6 Å². The van der Waals surface area contributed by atoms with Crippen LogP contribution in [0.1, 0.15) is 70.9 Å². The summed E-state index contributed by atoms with van der Waals surface area (Å²) in [6, 6.07) is 1.43. The number of carbonyl (C=O) groups excluding carboxylic acids is 3. The van der Waals surface area contributed by atoms with Crippen molar-refractivity contribution in [3.8, 4) is 0 Å². The van der Waals surface area contributed by atoms with E-state index in [1.807, 2.05) is 20.8 Å². The van der Waals surface area contributed by atoms with Gasteiger partial charge in [-0.3, -0.25) is 29.7 Å². The minimum atomic E-state index is -1.34. The molecule has 1 saturated carbocycles. The normalized spacial score (nSPS) is 27.3. The van der Waals surface area contributed by atoms with Crippen molar-refractivity contribution in [2.24, 2.45) is 22.4 Å². The zero-order valence-corrected chi connectivity index (χ0v) is 30.7. The molecule has 1 aliphatic carbocycles. The second-order valence-electron chi connectivity index (χ2n) is 14.1. The number of methoxy groups -OCH3 is 1. The maximum absolute atomic E-state index is 13.2. The van der Waals surface area contributed by atoms with Gasteiger partial charge in [-0.05, 0) is 64.5 Å². The van der Waals surface area contributed by atoms with Gasteiger partial charge in [-0.15, -0.1) is 0 Å². The average Bonchev–Trinajstić information content (AvgIpc) is 4.03. The van der Waals surface area contributed by atoms with Crippen molar-refractivity contribution in [1.82, 2.24) is 26.3 Å². The molecule has 0 aromatic carbocycles. The number of aromatic nitrogens is 1. The van der Waals surface area contributed by atoms with Crippen LogP contribution in [0.15, 0.2) is 41.2 Å². The van der Waals surface area contributed by atoms with Crippen molar-refractivity contribution >= 4 is 29.8 Å². The summed E-state index contributed by atoms with van der Waals surface area (Å²) in [6.45, 7) is 6.09. The molecule has 1 aromatic heterocycles. The second-order valence-corrected chi connectivity index (χ2v) is 14.1. The summed E-state index contributed by atoms with van der Waals surface area (Å²) >= 11 is 0. The largest absolute Gasteiger partial charge is 0.481 e. The lowest BCUT2D eigenvalue weighted by atomic mass is 9.68. The summed E-state index contributed by atoms with van der Waals surface area (Å²) in [5, 5.41) is 30.3. The second kappa shape index (κ2) is 18.6. The number of pyridine rings is 1. The molecule has 294 valence electrons. The van der Waals surface area contributed by atoms with Crippen LogP contribution in [0, 0.1) is 5.92 Å². The van der Waals surface area contributed by atoms with Crippen LogP contribution in [0.5, 0.6) is 0 Å². The van der Waals surface area contributed by atoms with E-state index in [-0.39, 0.29) is 43.9 Å². The number of ether oxygens (including phenoxy) is 4. The summed E-state index contributed by atoms with van der Waals surface area (Å²) in [5.41, 5.74) is 11.6. The lowest BCUT2D eigenvalue weighted by Crippen LogP contribution is -2.56. The number of allylic oxidation sites excluding steroid dienone is 1. The fourth-order valence-corrected chi connectivity index (χ4v) is 7.06. The summed E-state index contributed by atoms with van der Waals surface area (Å²) in [5.74, 6) is -2.70. The number of hydrogen-bond acceptors (Lipinski definition) is 12. The number of aliphatic carboxylic acids is 1. The number of rotatable bonds is 20. The fourth-order valence-electron chi connectivity index (χ4n) is 7.06. The van der Waals surface area contributed by atoms with E-state index in [1.54, 1.807) is 19.2 Å². The van der Waals surface area contributed by atoms with Gasteiger partial charge >= 0.3 is 12.1 Å². The first kappa shape index (κ1) is 41.4. The molecular formula is C35H54N8O10. The standard InChI is InChI=1S/C35H54N8O10/c1-20(2)9-10-25-34(3,53-25)30-29(50-4)24(11-12-35(30)19-51-35)52-33(49)41-18-27(45)42-22(8-6-14-39-32(36)37)31(48)40-17-26(44)43-23(15-28(46)47)21-7-5-13-38-16-21/h5,7,9,13,16,22-26,29-30,43-44H,6,8,10-12,14-15,17-19H2,1-4H3,(H,40,48)(H,41,49)(H,42,45)(H,46,47)(H4,36,37,39)/t22-,23-,24+,25+,26?,29+,30+,34-,35-/m0/s1. The Balaban J connectivity index is 1.30. The van der Waals surface area contributed by atoms with Crippen LogP contribution >= 0.6 is 0 Å². The number of aliphatic hydroxyl groups is 1. The number of epoxide rings is 2. The van der Waals surface area contributed by atoms with Crippen LogP contribution in [-0.2, 0) is 33.3 Å². The average molecular weight is 747 g/mol. The molecule has 53 heavy (non-hydrogen) atoms. The highest BCUT2D eigenvalue weighted by molar-refractivity contribution is 5.89. The zero-order chi connectivity index (χ0) is 38.8. The van der Waals surface area contributed by atoms with Crippen LogP contribution in [0.25, 0.3) is 0 Å². The Kier molecular flexibility index (Phi) is 14.5. The van der Waals surface area contributed by atoms with E-state index in [9.17, 15) is 29.4 Å². The molecule has 4 rings (SSSR count). The van der Waals surface area contributed by atoms with Crippen LogP contribution in [0.4, 0.5) is 4.79 Å². The van der Waals surface area contributed by atoms with Crippen LogP contribution in [0.3, 0.4) is 0 Å². The van der Waals surface area contributed by atoms with E-state index in [4.69, 9.17) is 30.4 Å². The summed E-state index contributed by atoms with van der Waals surface area (Å²) in [7, 11) is 1.57. The molecule has 1 aromatic rings. The topological polar surface area (TPSA) is 278 Å². The molecule has 3 aliphatic rings. The fraction of sp³-hybridized carbons (Fsp3) is 0.657. The molecule has 0 radical (unpaired) electrons. The Bertz CT molecular complexity index is 1480. The number of carboxylic acid groups (broad SMARTS) is 1. The van der Waals surface area contributed by atoms with Crippen molar-refractivity contribution in [2.45, 2.75) is 107 Å². The number of nitrogens with one attached hydrogen (secondary N) is 4. The first-order valence-corrected chi connectivity index (χ1v) is 17.8. The maximum Gasteiger partial charge on any atom is 0.407 e. The molecule has 3 amide bonds. The monoisotopic (exact) mass is 746 g/mol. The van der Waals surface area contributed by atoms with E-state index in [0.29, 0.717) is 31.4 Å². The van der Waals surface area contributed by atoms with Gasteiger partial charge in [0.1, 0.15) is 42.2 Å². The number of aliphatic hydroxyl groups excluding tert-OH is 1. The number of carbonyl (C=O) groups is 4. The molecule has 0 bridgehead atoms. The first-order chi connectivity index (χ1) is 25.2. The van der Waals surface area contributed by atoms with Crippen LogP contribution in [-0.4, -0.2) is 120 Å². The molecule has 10 N–H and O–H groups in total. The van der Waals surface area contributed by atoms with Crippen molar-refractivity contribution in [3.05, 3.63) is 41.7 Å². The highest BCUT2D eigenvalue weighted by atomic mass is 16.6. The summed E-state index contributed by atoms with van der Waals surface area (Å²) in [6.07, 6.45) is 3.87. The van der Waals surface area contributed by atoms with Gasteiger partial charge in [-0.2, -0.15) is 0 Å². The van der Waals surface area contributed by atoms with Crippen LogP contribution in [0.2, 0.25) is 0 Å². The number of amides is 3. The molecular weight excluding hydrogens is 692 g/mol. The number of guanidine groups is 1. The lowest BCUT2D eigenvalue weighted by molar-refractivity contribution is -0.138. The van der Waals surface area contributed by atoms with Gasteiger partial charge in [0.25, 0.3) is 0 Å². The third kappa shape index (κ3) is 11.8. The van der Waals surface area contributed by atoms with E-state index in [0.717, 1.165) is 6.42 Å². The third-order valence-corrected chi connectivity index (χ3v) is 9.81. The molecule has 18 heteroatoms. The van der Waals surface area contributed by atoms with E-state index >= 15 is 0 Å². The van der Waals surface area contributed by atoms with Gasteiger partial charge in [0.05, 0.1) is 31.6 Å². The van der Waals surface area contributed by atoms with Gasteiger partial charge in [0.15, 0.2) is 5.96 Å². The van der Waals surface area contributed by atoms with Crippen molar-refractivity contribution in [2.75, 3.05) is 33.4 Å². The smallest absolute Gasteiger partial charge is 0.407 e. The highest BCUT2D eigenvalue weighted by Crippen LogP contribution is 2.59. The van der Waals surface area contributed by atoms with Crippen molar-refractivity contribution in [3.63, 3.8) is 0 Å². The SMILES string of the molecule is CO[C@@H]1[C@H](OC(=O)NCC(=O)N[C@@H](CCCN=C(N)N)C(=O)NCC(O)N[C@@H](CC(=O)O)c2cccnc2)CC[C@]2(CO2)[C@H]1[C@@]1(C)O[C@@H]1CC=C(C)C. The van der Waals surface area contributed by atoms with E-state index in [2.05, 4.69) is 37.3 Å². The van der Waals surface area contributed by atoms with Crippen molar-refractivity contribution < 1.29 is 48.3 Å². The molecule has 2 aliphatic heterocycles. The molecule has 1 spiro atoms. The molecule has 3 heterocycles. The van der Waals surface area contributed by atoms with E-state index < -0.39 is 72.1 Å². The minimum absolute atomic E-state index is 0.0118. The quantitative estimate of drug-likeness (QED) is 0.0217. The molecule has 3 fully saturated rings. The van der Waals surface area contributed by atoms with E-state index in [1.165, 1.54) is 18.0 Å². The molecule has 1 unspecified atom stereocenters.